The summed E-state index contributed by atoms with van der Waals surface area (Å²) in [7, 11) is -2.08. The molecule has 174 valence electrons. The molecule has 1 saturated heterocycles. The monoisotopic (exact) mass is 460 g/mol. The van der Waals surface area contributed by atoms with E-state index in [2.05, 4.69) is 23.5 Å². The molecule has 2 aromatic carbocycles. The number of morpholine rings is 1. The Labute approximate surface area is 190 Å². The predicted molar refractivity (Wildman–Crippen MR) is 123 cm³/mol. The molecule has 1 heterocycles. The summed E-state index contributed by atoms with van der Waals surface area (Å²) in [5.74, 6) is 0.475. The molecular weight excluding hydrogens is 428 g/mol. The average Bonchev–Trinajstić information content (AvgIpc) is 2.79. The van der Waals surface area contributed by atoms with E-state index < -0.39 is 10.0 Å². The summed E-state index contributed by atoms with van der Waals surface area (Å²) in [6.07, 6.45) is 0.605. The third-order valence-electron chi connectivity index (χ3n) is 5.76. The van der Waals surface area contributed by atoms with Gasteiger partial charge in [-0.3, -0.25) is 4.79 Å². The lowest BCUT2D eigenvalue weighted by Crippen LogP contribution is -2.40. The van der Waals surface area contributed by atoms with Gasteiger partial charge in [-0.05, 0) is 62.1 Å². The number of hydrogen-bond donors (Lipinski definition) is 1. The van der Waals surface area contributed by atoms with Crippen molar-refractivity contribution < 1.29 is 22.7 Å². The van der Waals surface area contributed by atoms with Crippen LogP contribution in [0.3, 0.4) is 0 Å². The molecule has 1 N–H and O–H groups in total. The average molecular weight is 461 g/mol. The Morgan fingerprint density at radius 3 is 2.56 bits per heavy atom. The summed E-state index contributed by atoms with van der Waals surface area (Å²) >= 11 is 0. The molecule has 7 nitrogen and oxygen atoms in total. The van der Waals surface area contributed by atoms with Crippen LogP contribution in [0.4, 0.5) is 0 Å². The highest BCUT2D eigenvalue weighted by Crippen LogP contribution is 2.26. The summed E-state index contributed by atoms with van der Waals surface area (Å²) in [5.41, 5.74) is 4.06. The topological polar surface area (TPSA) is 84.9 Å². The molecule has 1 fully saturated rings. The predicted octanol–water partition coefficient (Wildman–Crippen LogP) is 3.14. The van der Waals surface area contributed by atoms with E-state index in [9.17, 15) is 13.2 Å². The summed E-state index contributed by atoms with van der Waals surface area (Å²) in [6, 6.07) is 10.9. The molecule has 1 aliphatic rings. The van der Waals surface area contributed by atoms with Gasteiger partial charge in [0.2, 0.25) is 15.9 Å². The zero-order chi connectivity index (χ0) is 23.3. The van der Waals surface area contributed by atoms with E-state index in [-0.39, 0.29) is 23.3 Å². The number of methoxy groups -OCH3 is 1. The van der Waals surface area contributed by atoms with Crippen molar-refractivity contribution in [3.8, 4) is 5.75 Å². The summed E-state index contributed by atoms with van der Waals surface area (Å²) < 4.78 is 38.1. The molecule has 0 aromatic heterocycles. The van der Waals surface area contributed by atoms with Gasteiger partial charge in [0, 0.05) is 19.5 Å². The van der Waals surface area contributed by atoms with Crippen LogP contribution in [0, 0.1) is 13.8 Å². The summed E-state index contributed by atoms with van der Waals surface area (Å²) in [5, 5.41) is 3.05. The zero-order valence-electron chi connectivity index (χ0n) is 19.2. The number of rotatable bonds is 8. The number of nitrogens with zero attached hydrogens (tertiary/aromatic N) is 1. The normalized spacial score (nSPS) is 15.9. The Kier molecular flexibility index (Phi) is 7.92. The van der Waals surface area contributed by atoms with E-state index in [0.29, 0.717) is 44.0 Å². The minimum atomic E-state index is -3.61. The molecule has 0 aliphatic carbocycles. The number of carbonyl (C=O) groups is 1. The van der Waals surface area contributed by atoms with Gasteiger partial charge in [0.25, 0.3) is 0 Å². The van der Waals surface area contributed by atoms with Gasteiger partial charge in [0.15, 0.2) is 0 Å². The number of amides is 1. The summed E-state index contributed by atoms with van der Waals surface area (Å²) in [6.45, 7) is 7.48. The largest absolute Gasteiger partial charge is 0.496 e. The van der Waals surface area contributed by atoms with E-state index >= 15 is 0 Å². The number of benzene rings is 2. The lowest BCUT2D eigenvalue weighted by Gasteiger charge is -2.26. The first-order valence-corrected chi connectivity index (χ1v) is 12.3. The van der Waals surface area contributed by atoms with Gasteiger partial charge < -0.3 is 14.8 Å². The smallest absolute Gasteiger partial charge is 0.243 e. The lowest BCUT2D eigenvalue weighted by atomic mass is 9.99. The number of nitrogens with one attached hydrogen (secondary N) is 1. The van der Waals surface area contributed by atoms with Gasteiger partial charge in [0.1, 0.15) is 5.75 Å². The third kappa shape index (κ3) is 5.68. The molecule has 3 rings (SSSR count). The van der Waals surface area contributed by atoms with Gasteiger partial charge in [0.05, 0.1) is 31.3 Å². The fourth-order valence-corrected chi connectivity index (χ4v) is 5.37. The molecule has 0 radical (unpaired) electrons. The lowest BCUT2D eigenvalue weighted by molar-refractivity contribution is -0.121. The number of ether oxygens (including phenoxy) is 2. The van der Waals surface area contributed by atoms with Crippen LogP contribution < -0.4 is 10.1 Å². The van der Waals surface area contributed by atoms with Crippen molar-refractivity contribution in [2.45, 2.75) is 44.6 Å². The van der Waals surface area contributed by atoms with Crippen molar-refractivity contribution in [3.05, 3.63) is 58.7 Å². The Bertz CT molecular complexity index is 1060. The van der Waals surface area contributed by atoms with E-state index in [1.807, 2.05) is 20.8 Å². The van der Waals surface area contributed by atoms with Gasteiger partial charge in [-0.1, -0.05) is 23.8 Å². The van der Waals surface area contributed by atoms with Crippen LogP contribution in [-0.4, -0.2) is 52.0 Å². The highest BCUT2D eigenvalue weighted by Gasteiger charge is 2.27. The number of hydrogen-bond acceptors (Lipinski definition) is 5. The second-order valence-electron chi connectivity index (χ2n) is 8.14. The molecule has 0 bridgehead atoms. The van der Waals surface area contributed by atoms with E-state index in [1.165, 1.54) is 11.4 Å². The maximum Gasteiger partial charge on any atom is 0.243 e. The fraction of sp³-hybridized carbons (Fsp3) is 0.458. The van der Waals surface area contributed by atoms with Crippen molar-refractivity contribution in [2.24, 2.45) is 0 Å². The van der Waals surface area contributed by atoms with Crippen LogP contribution in [-0.2, 0) is 26.0 Å². The molecule has 0 unspecified atom stereocenters. The molecule has 2 aromatic rings. The van der Waals surface area contributed by atoms with Gasteiger partial charge >= 0.3 is 0 Å². The Balaban J connectivity index is 1.70. The van der Waals surface area contributed by atoms with Crippen molar-refractivity contribution in [3.63, 3.8) is 0 Å². The number of carbonyl (C=O) groups excluding carboxylic acids is 1. The van der Waals surface area contributed by atoms with Crippen LogP contribution in [0.25, 0.3) is 0 Å². The molecule has 32 heavy (non-hydrogen) atoms. The summed E-state index contributed by atoms with van der Waals surface area (Å²) in [4.78, 5) is 12.8. The van der Waals surface area contributed by atoms with Crippen LogP contribution in [0.15, 0.2) is 41.3 Å². The van der Waals surface area contributed by atoms with E-state index in [4.69, 9.17) is 9.47 Å². The molecular formula is C24H32N2O5S. The van der Waals surface area contributed by atoms with Gasteiger partial charge in [-0.25, -0.2) is 8.42 Å². The van der Waals surface area contributed by atoms with Crippen molar-refractivity contribution in [1.82, 2.24) is 9.62 Å². The Hall–Kier alpha value is -2.42. The molecule has 0 saturated carbocycles. The highest BCUT2D eigenvalue weighted by atomic mass is 32.2. The van der Waals surface area contributed by atoms with Crippen LogP contribution in [0.2, 0.25) is 0 Å². The molecule has 1 atom stereocenters. The maximum atomic E-state index is 13.0. The maximum absolute atomic E-state index is 13.0. The fourth-order valence-electron chi connectivity index (χ4n) is 3.91. The third-order valence-corrected chi connectivity index (χ3v) is 7.65. The van der Waals surface area contributed by atoms with Crippen molar-refractivity contribution in [1.29, 1.82) is 0 Å². The van der Waals surface area contributed by atoms with Crippen LogP contribution in [0.1, 0.15) is 41.6 Å². The van der Waals surface area contributed by atoms with Crippen LogP contribution in [0.5, 0.6) is 5.75 Å². The zero-order valence-corrected chi connectivity index (χ0v) is 20.0. The molecule has 0 spiro atoms. The standard InChI is InChI=1S/C24H32N2O5S/c1-17-5-6-18(2)22(15-17)19(3)25-24(27)10-7-20-16-21(8-9-23(20)30-4)32(28,29)26-11-13-31-14-12-26/h5-6,8-9,15-16,19H,7,10-14H2,1-4H3,(H,25,27)/t19-/m0/s1. The van der Waals surface area contributed by atoms with E-state index in [1.54, 1.807) is 18.2 Å². The molecule has 8 heteroatoms. The highest BCUT2D eigenvalue weighted by molar-refractivity contribution is 7.89. The minimum absolute atomic E-state index is 0.0955. The number of aryl methyl sites for hydroxylation is 3. The van der Waals surface area contributed by atoms with Crippen molar-refractivity contribution in [2.75, 3.05) is 33.4 Å². The van der Waals surface area contributed by atoms with Crippen LogP contribution >= 0.6 is 0 Å². The Morgan fingerprint density at radius 1 is 1.16 bits per heavy atom. The van der Waals surface area contributed by atoms with Gasteiger partial charge in [-0.15, -0.1) is 0 Å². The first-order chi connectivity index (χ1) is 15.2. The Morgan fingerprint density at radius 2 is 1.88 bits per heavy atom. The minimum Gasteiger partial charge on any atom is -0.496 e. The quantitative estimate of drug-likeness (QED) is 0.654. The second-order valence-corrected chi connectivity index (χ2v) is 10.1. The van der Waals surface area contributed by atoms with Gasteiger partial charge in [-0.2, -0.15) is 4.31 Å². The first-order valence-electron chi connectivity index (χ1n) is 10.8. The molecule has 1 amide bonds. The number of sulfonamides is 1. The second kappa shape index (κ2) is 10.5. The van der Waals surface area contributed by atoms with Crippen molar-refractivity contribution >= 4 is 15.9 Å². The first kappa shape index (κ1) is 24.2. The SMILES string of the molecule is COc1ccc(S(=O)(=O)N2CCOCC2)cc1CCC(=O)N[C@@H](C)c1cc(C)ccc1C. The van der Waals surface area contributed by atoms with E-state index in [0.717, 1.165) is 16.7 Å². The molecule has 1 aliphatic heterocycles.